The maximum atomic E-state index is 12.7. The van der Waals surface area contributed by atoms with Crippen molar-refractivity contribution in [3.63, 3.8) is 0 Å². The second kappa shape index (κ2) is 6.80. The Labute approximate surface area is 150 Å². The number of hydrogen-bond acceptors (Lipinski definition) is 3. The molecule has 128 valence electrons. The molecule has 2 aromatic carbocycles. The highest BCUT2D eigenvalue weighted by molar-refractivity contribution is 5.74. The van der Waals surface area contributed by atoms with E-state index in [9.17, 15) is 4.79 Å². The van der Waals surface area contributed by atoms with Crippen molar-refractivity contribution in [1.82, 2.24) is 19.3 Å². The van der Waals surface area contributed by atoms with Crippen LogP contribution in [0.1, 0.15) is 11.1 Å². The van der Waals surface area contributed by atoms with Crippen molar-refractivity contribution < 1.29 is 0 Å². The average Bonchev–Trinajstić information content (AvgIpc) is 3.10. The number of allylic oxidation sites excluding steroid dienone is 1. The van der Waals surface area contributed by atoms with Crippen LogP contribution in [0, 0.1) is 6.92 Å². The van der Waals surface area contributed by atoms with Crippen LogP contribution in [0.5, 0.6) is 0 Å². The molecule has 0 amide bonds. The summed E-state index contributed by atoms with van der Waals surface area (Å²) in [6, 6.07) is 18.0. The van der Waals surface area contributed by atoms with Gasteiger partial charge in [0.1, 0.15) is 11.7 Å². The molecule has 4 aromatic rings. The summed E-state index contributed by atoms with van der Waals surface area (Å²) >= 11 is 0. The Bertz CT molecular complexity index is 1120. The highest BCUT2D eigenvalue weighted by atomic mass is 16.1. The number of hydrogen-bond donors (Lipinski definition) is 0. The van der Waals surface area contributed by atoms with Crippen LogP contribution in [0.2, 0.25) is 0 Å². The Morgan fingerprint density at radius 3 is 2.58 bits per heavy atom. The number of rotatable bonds is 4. The molecule has 5 heteroatoms. The third-order valence-electron chi connectivity index (χ3n) is 4.25. The van der Waals surface area contributed by atoms with E-state index in [0.29, 0.717) is 17.6 Å². The summed E-state index contributed by atoms with van der Waals surface area (Å²) in [5.74, 6) is 0. The smallest absolute Gasteiger partial charge is 0.264 e. The Hall–Kier alpha value is -3.47. The fourth-order valence-electron chi connectivity index (χ4n) is 2.82. The zero-order chi connectivity index (χ0) is 17.9. The van der Waals surface area contributed by atoms with Gasteiger partial charge >= 0.3 is 0 Å². The molecule has 0 bridgehead atoms. The summed E-state index contributed by atoms with van der Waals surface area (Å²) in [4.78, 5) is 17.2. The van der Waals surface area contributed by atoms with Crippen LogP contribution in [0.4, 0.5) is 0 Å². The zero-order valence-corrected chi connectivity index (χ0v) is 14.4. The second-order valence-electron chi connectivity index (χ2n) is 6.14. The summed E-state index contributed by atoms with van der Waals surface area (Å²) in [5, 5.41) is 4.86. The first kappa shape index (κ1) is 16.0. The second-order valence-corrected chi connectivity index (χ2v) is 6.14. The molecule has 4 rings (SSSR count). The Morgan fingerprint density at radius 1 is 1.04 bits per heavy atom. The van der Waals surface area contributed by atoms with Gasteiger partial charge in [-0.05, 0) is 24.6 Å². The minimum atomic E-state index is -0.0916. The normalized spacial score (nSPS) is 11.4. The predicted octanol–water partition coefficient (Wildman–Crippen LogP) is 3.60. The molecular weight excluding hydrogens is 324 g/mol. The molecule has 0 unspecified atom stereocenters. The molecule has 0 spiro atoms. The zero-order valence-electron chi connectivity index (χ0n) is 14.4. The van der Waals surface area contributed by atoms with Crippen molar-refractivity contribution in [3.8, 4) is 5.69 Å². The van der Waals surface area contributed by atoms with E-state index in [1.165, 1.54) is 5.56 Å². The molecule has 0 aliphatic heterocycles. The molecule has 2 aromatic heterocycles. The van der Waals surface area contributed by atoms with Gasteiger partial charge in [-0.25, -0.2) is 9.67 Å². The van der Waals surface area contributed by atoms with E-state index in [1.54, 1.807) is 21.8 Å². The van der Waals surface area contributed by atoms with Gasteiger partial charge in [0.25, 0.3) is 5.56 Å². The molecule has 0 aliphatic carbocycles. The van der Waals surface area contributed by atoms with Crippen LogP contribution in [0.25, 0.3) is 22.8 Å². The first-order valence-corrected chi connectivity index (χ1v) is 8.44. The lowest BCUT2D eigenvalue weighted by Gasteiger charge is -2.05. The Balaban J connectivity index is 1.65. The third kappa shape index (κ3) is 3.07. The molecule has 26 heavy (non-hydrogen) atoms. The van der Waals surface area contributed by atoms with Gasteiger partial charge in [-0.1, -0.05) is 60.2 Å². The average molecular weight is 342 g/mol. The number of nitrogens with zero attached hydrogens (tertiary/aromatic N) is 4. The minimum Gasteiger partial charge on any atom is -0.295 e. The molecule has 5 nitrogen and oxygen atoms in total. The summed E-state index contributed by atoms with van der Waals surface area (Å²) < 4.78 is 3.28. The van der Waals surface area contributed by atoms with E-state index in [-0.39, 0.29) is 5.56 Å². The molecule has 0 radical (unpaired) electrons. The Kier molecular flexibility index (Phi) is 4.19. The first-order valence-electron chi connectivity index (χ1n) is 8.44. The topological polar surface area (TPSA) is 52.7 Å². The fourth-order valence-corrected chi connectivity index (χ4v) is 2.82. The van der Waals surface area contributed by atoms with Crippen molar-refractivity contribution in [2.75, 3.05) is 0 Å². The van der Waals surface area contributed by atoms with E-state index >= 15 is 0 Å². The van der Waals surface area contributed by atoms with Gasteiger partial charge < -0.3 is 0 Å². The lowest BCUT2D eigenvalue weighted by atomic mass is 10.2. The molecule has 0 fully saturated rings. The van der Waals surface area contributed by atoms with Gasteiger partial charge in [0.05, 0.1) is 11.9 Å². The van der Waals surface area contributed by atoms with Gasteiger partial charge in [0, 0.05) is 6.54 Å². The lowest BCUT2D eigenvalue weighted by molar-refractivity contribution is 0.765. The number of fused-ring (bicyclic) bond motifs is 1. The van der Waals surface area contributed by atoms with Gasteiger partial charge in [-0.2, -0.15) is 5.10 Å². The number of benzene rings is 2. The standard InChI is InChI=1S/C21H18N4O/c1-16-9-11-18(12-10-16)25-20-19(14-23-25)21(26)24(15-22-20)13-5-8-17-6-3-2-4-7-17/h2-12,14-15H,13H2,1H3. The van der Waals surface area contributed by atoms with Crippen molar-refractivity contribution in [1.29, 1.82) is 0 Å². The van der Waals surface area contributed by atoms with Crippen LogP contribution in [-0.4, -0.2) is 19.3 Å². The van der Waals surface area contributed by atoms with Gasteiger partial charge in [-0.15, -0.1) is 0 Å². The minimum absolute atomic E-state index is 0.0916. The van der Waals surface area contributed by atoms with Crippen LogP contribution < -0.4 is 5.56 Å². The lowest BCUT2D eigenvalue weighted by Crippen LogP contribution is -2.19. The molecule has 0 saturated heterocycles. The monoisotopic (exact) mass is 342 g/mol. The van der Waals surface area contributed by atoms with Gasteiger partial charge in [-0.3, -0.25) is 9.36 Å². The summed E-state index contributed by atoms with van der Waals surface area (Å²) in [6.07, 6.45) is 7.11. The first-order chi connectivity index (χ1) is 12.7. The maximum absolute atomic E-state index is 12.7. The van der Waals surface area contributed by atoms with Crippen LogP contribution in [0.3, 0.4) is 0 Å². The van der Waals surface area contributed by atoms with E-state index in [1.807, 2.05) is 73.7 Å². The summed E-state index contributed by atoms with van der Waals surface area (Å²) in [7, 11) is 0. The largest absolute Gasteiger partial charge is 0.295 e. The van der Waals surface area contributed by atoms with E-state index in [2.05, 4.69) is 10.1 Å². The molecule has 0 N–H and O–H groups in total. The quantitative estimate of drug-likeness (QED) is 0.569. The molecule has 0 atom stereocenters. The number of aromatic nitrogens is 4. The van der Waals surface area contributed by atoms with Crippen LogP contribution >= 0.6 is 0 Å². The number of aryl methyl sites for hydroxylation is 1. The van der Waals surface area contributed by atoms with Crippen molar-refractivity contribution >= 4 is 17.1 Å². The van der Waals surface area contributed by atoms with Crippen molar-refractivity contribution in [3.05, 3.63) is 94.7 Å². The van der Waals surface area contributed by atoms with Gasteiger partial charge in [0.2, 0.25) is 0 Å². The summed E-state index contributed by atoms with van der Waals surface area (Å²) in [5.41, 5.74) is 3.64. The van der Waals surface area contributed by atoms with Crippen LogP contribution in [0.15, 0.2) is 78.0 Å². The molecule has 0 aliphatic rings. The van der Waals surface area contributed by atoms with E-state index in [4.69, 9.17) is 0 Å². The van der Waals surface area contributed by atoms with Crippen molar-refractivity contribution in [2.45, 2.75) is 13.5 Å². The molecule has 0 saturated carbocycles. The van der Waals surface area contributed by atoms with Gasteiger partial charge in [0.15, 0.2) is 5.65 Å². The Morgan fingerprint density at radius 2 is 1.81 bits per heavy atom. The molecule has 2 heterocycles. The highest BCUT2D eigenvalue weighted by Gasteiger charge is 2.10. The van der Waals surface area contributed by atoms with Crippen molar-refractivity contribution in [2.24, 2.45) is 0 Å². The third-order valence-corrected chi connectivity index (χ3v) is 4.25. The van der Waals surface area contributed by atoms with E-state index in [0.717, 1.165) is 11.3 Å². The summed E-state index contributed by atoms with van der Waals surface area (Å²) in [6.45, 7) is 2.50. The van der Waals surface area contributed by atoms with E-state index < -0.39 is 0 Å². The fraction of sp³-hybridized carbons (Fsp3) is 0.0952. The maximum Gasteiger partial charge on any atom is 0.264 e. The highest BCUT2D eigenvalue weighted by Crippen LogP contribution is 2.14. The predicted molar refractivity (Wildman–Crippen MR) is 103 cm³/mol. The van der Waals surface area contributed by atoms with Crippen LogP contribution in [-0.2, 0) is 6.54 Å². The SMILES string of the molecule is Cc1ccc(-n2ncc3c(=O)n(CC=Cc4ccccc4)cnc32)cc1. The molecular formula is C21H18N4O.